The van der Waals surface area contributed by atoms with Gasteiger partial charge in [0.1, 0.15) is 0 Å². The maximum Gasteiger partial charge on any atom is 0.269 e. The molecule has 2 rings (SSSR count). The minimum atomic E-state index is -0.499. The minimum Gasteiger partial charge on any atom is -0.343 e. The normalized spacial score (nSPS) is 10.3. The molecule has 0 spiro atoms. The fourth-order valence-electron chi connectivity index (χ4n) is 1.75. The van der Waals surface area contributed by atoms with Crippen LogP contribution in [0.1, 0.15) is 5.56 Å². The van der Waals surface area contributed by atoms with Crippen LogP contribution in [0.2, 0.25) is 0 Å². The second-order valence-corrected chi connectivity index (χ2v) is 4.69. The summed E-state index contributed by atoms with van der Waals surface area (Å²) in [7, 11) is 0. The number of aromatic nitrogens is 1. The van der Waals surface area contributed by atoms with Crippen LogP contribution in [0.15, 0.2) is 54.9 Å². The summed E-state index contributed by atoms with van der Waals surface area (Å²) in [5.41, 5.74) is 1.15. The van der Waals surface area contributed by atoms with Crippen molar-refractivity contribution in [3.05, 3.63) is 70.5 Å². The highest BCUT2D eigenvalue weighted by Gasteiger charge is 2.05. The summed E-state index contributed by atoms with van der Waals surface area (Å²) in [5.74, 6) is -0.824. The zero-order chi connectivity index (χ0) is 17.4. The molecule has 0 aliphatic heterocycles. The molecule has 1 aromatic heterocycles. The Balaban J connectivity index is 1.80. The topological polar surface area (TPSA) is 114 Å². The second kappa shape index (κ2) is 8.18. The molecule has 0 fully saturated rings. The number of carbonyl (C=O) groups is 2. The van der Waals surface area contributed by atoms with Gasteiger partial charge >= 0.3 is 0 Å². The van der Waals surface area contributed by atoms with Crippen molar-refractivity contribution < 1.29 is 14.5 Å². The molecule has 1 heterocycles. The lowest BCUT2D eigenvalue weighted by atomic mass is 10.2. The number of pyridine rings is 1. The fraction of sp³-hybridized carbons (Fsp3) is 0.0625. The Morgan fingerprint density at radius 1 is 1.21 bits per heavy atom. The molecular formula is C16H14N4O4. The molecule has 0 atom stereocenters. The first-order valence-corrected chi connectivity index (χ1v) is 6.95. The number of benzene rings is 1. The first-order chi connectivity index (χ1) is 11.5. The van der Waals surface area contributed by atoms with Gasteiger partial charge in [-0.2, -0.15) is 0 Å². The fourth-order valence-corrected chi connectivity index (χ4v) is 1.75. The second-order valence-electron chi connectivity index (χ2n) is 4.69. The van der Waals surface area contributed by atoms with Crippen molar-refractivity contribution in [1.82, 2.24) is 10.3 Å². The van der Waals surface area contributed by atoms with Crippen LogP contribution in [0.3, 0.4) is 0 Å². The molecule has 0 aliphatic carbocycles. The highest BCUT2D eigenvalue weighted by Crippen LogP contribution is 2.12. The van der Waals surface area contributed by atoms with E-state index in [2.05, 4.69) is 15.6 Å². The van der Waals surface area contributed by atoms with Crippen LogP contribution in [-0.4, -0.2) is 28.3 Å². The summed E-state index contributed by atoms with van der Waals surface area (Å²) >= 11 is 0. The van der Waals surface area contributed by atoms with Crippen molar-refractivity contribution in [1.29, 1.82) is 0 Å². The minimum absolute atomic E-state index is 0.0244. The van der Waals surface area contributed by atoms with Crippen molar-refractivity contribution in [3.63, 3.8) is 0 Å². The Morgan fingerprint density at radius 3 is 2.58 bits per heavy atom. The Labute approximate surface area is 137 Å². The summed E-state index contributed by atoms with van der Waals surface area (Å²) in [5, 5.41) is 15.6. The van der Waals surface area contributed by atoms with E-state index >= 15 is 0 Å². The monoisotopic (exact) mass is 326 g/mol. The van der Waals surface area contributed by atoms with Crippen molar-refractivity contribution in [2.24, 2.45) is 0 Å². The van der Waals surface area contributed by atoms with Gasteiger partial charge in [-0.15, -0.1) is 0 Å². The van der Waals surface area contributed by atoms with E-state index in [1.807, 2.05) is 0 Å². The summed E-state index contributed by atoms with van der Waals surface area (Å²) in [4.78, 5) is 37.2. The van der Waals surface area contributed by atoms with Gasteiger partial charge in [-0.25, -0.2) is 0 Å². The molecule has 0 saturated heterocycles. The zero-order valence-corrected chi connectivity index (χ0v) is 12.5. The molecule has 0 aliphatic rings. The Bertz CT molecular complexity index is 757. The lowest BCUT2D eigenvalue weighted by Gasteiger charge is -2.04. The summed E-state index contributed by atoms with van der Waals surface area (Å²) in [6, 6.07) is 9.11. The van der Waals surface area contributed by atoms with Gasteiger partial charge in [0, 0.05) is 24.4 Å². The molecule has 8 heteroatoms. The van der Waals surface area contributed by atoms with Gasteiger partial charge in [0.15, 0.2) is 0 Å². The predicted molar refractivity (Wildman–Crippen MR) is 88.0 cm³/mol. The molecule has 0 radical (unpaired) electrons. The number of carbonyl (C=O) groups excluding carboxylic acids is 2. The third kappa shape index (κ3) is 5.34. The van der Waals surface area contributed by atoms with Gasteiger partial charge in [-0.05, 0) is 35.9 Å². The van der Waals surface area contributed by atoms with Gasteiger partial charge in [0.05, 0.1) is 23.4 Å². The standard InChI is InChI=1S/C16H14N4O4/c21-15(8-5-12-3-6-14(7-4-12)20(23)24)18-11-16(22)19-13-2-1-9-17-10-13/h1-10H,11H2,(H,18,21)(H,19,22)/b8-5+. The molecule has 2 amide bonds. The van der Waals surface area contributed by atoms with Crippen LogP contribution in [0.4, 0.5) is 11.4 Å². The van der Waals surface area contributed by atoms with E-state index in [0.29, 0.717) is 11.3 Å². The number of nitrogens with zero attached hydrogens (tertiary/aromatic N) is 2. The lowest BCUT2D eigenvalue weighted by Crippen LogP contribution is -2.31. The molecular weight excluding hydrogens is 312 g/mol. The van der Waals surface area contributed by atoms with E-state index in [4.69, 9.17) is 0 Å². The summed E-state index contributed by atoms with van der Waals surface area (Å²) in [6.07, 6.45) is 5.82. The van der Waals surface area contributed by atoms with Gasteiger partial charge in [-0.3, -0.25) is 24.7 Å². The molecule has 24 heavy (non-hydrogen) atoms. The number of rotatable bonds is 6. The van der Waals surface area contributed by atoms with Gasteiger partial charge < -0.3 is 10.6 Å². The van der Waals surface area contributed by atoms with Crippen LogP contribution in [0.25, 0.3) is 6.08 Å². The number of amides is 2. The molecule has 0 unspecified atom stereocenters. The largest absolute Gasteiger partial charge is 0.343 e. The number of anilines is 1. The van der Waals surface area contributed by atoms with Crippen molar-refractivity contribution in [2.75, 3.05) is 11.9 Å². The van der Waals surface area contributed by atoms with Crippen LogP contribution in [-0.2, 0) is 9.59 Å². The number of hydrogen-bond acceptors (Lipinski definition) is 5. The number of nitro benzene ring substituents is 1. The van der Waals surface area contributed by atoms with Gasteiger partial charge in [0.25, 0.3) is 5.69 Å². The molecule has 2 N–H and O–H groups in total. The van der Waals surface area contributed by atoms with Gasteiger partial charge in [-0.1, -0.05) is 0 Å². The van der Waals surface area contributed by atoms with Crippen LogP contribution in [0, 0.1) is 10.1 Å². The third-order valence-electron chi connectivity index (χ3n) is 2.90. The molecule has 0 saturated carbocycles. The van der Waals surface area contributed by atoms with Crippen molar-refractivity contribution >= 4 is 29.3 Å². The summed E-state index contributed by atoms with van der Waals surface area (Å²) in [6.45, 7) is -0.182. The first kappa shape index (κ1) is 16.8. The number of nitro groups is 1. The van der Waals surface area contributed by atoms with E-state index in [-0.39, 0.29) is 18.1 Å². The first-order valence-electron chi connectivity index (χ1n) is 6.95. The maximum atomic E-state index is 11.7. The highest BCUT2D eigenvalue weighted by molar-refractivity contribution is 5.97. The van der Waals surface area contributed by atoms with E-state index in [0.717, 1.165) is 0 Å². The maximum absolute atomic E-state index is 11.7. The Morgan fingerprint density at radius 2 is 1.96 bits per heavy atom. The van der Waals surface area contributed by atoms with Gasteiger partial charge in [0.2, 0.25) is 11.8 Å². The molecule has 1 aromatic carbocycles. The SMILES string of the molecule is O=C(/C=C/c1ccc([N+](=O)[O-])cc1)NCC(=O)Nc1cccnc1. The molecule has 8 nitrogen and oxygen atoms in total. The summed E-state index contributed by atoms with van der Waals surface area (Å²) < 4.78 is 0. The van der Waals surface area contributed by atoms with E-state index in [9.17, 15) is 19.7 Å². The van der Waals surface area contributed by atoms with Crippen LogP contribution < -0.4 is 10.6 Å². The number of hydrogen-bond donors (Lipinski definition) is 2. The predicted octanol–water partition coefficient (Wildman–Crippen LogP) is 1.76. The molecule has 122 valence electrons. The van der Waals surface area contributed by atoms with E-state index < -0.39 is 10.8 Å². The smallest absolute Gasteiger partial charge is 0.269 e. The van der Waals surface area contributed by atoms with E-state index in [1.165, 1.54) is 42.6 Å². The number of nitrogens with one attached hydrogen (secondary N) is 2. The Kier molecular flexibility index (Phi) is 5.73. The average molecular weight is 326 g/mol. The quantitative estimate of drug-likeness (QED) is 0.477. The van der Waals surface area contributed by atoms with Crippen molar-refractivity contribution in [3.8, 4) is 0 Å². The lowest BCUT2D eigenvalue weighted by molar-refractivity contribution is -0.384. The zero-order valence-electron chi connectivity index (χ0n) is 12.5. The van der Waals surface area contributed by atoms with Crippen molar-refractivity contribution in [2.45, 2.75) is 0 Å². The van der Waals surface area contributed by atoms with Crippen LogP contribution in [0.5, 0.6) is 0 Å². The van der Waals surface area contributed by atoms with Crippen LogP contribution >= 0.6 is 0 Å². The molecule has 0 bridgehead atoms. The molecule has 2 aromatic rings. The van der Waals surface area contributed by atoms with E-state index in [1.54, 1.807) is 18.3 Å². The Hall–Kier alpha value is -3.55. The third-order valence-corrected chi connectivity index (χ3v) is 2.90. The highest BCUT2D eigenvalue weighted by atomic mass is 16.6. The average Bonchev–Trinajstić information content (AvgIpc) is 2.59. The number of non-ortho nitro benzene ring substituents is 1.